The number of alkyl halides is 4. The maximum Gasteiger partial charge on any atom is 0.411 e. The van der Waals surface area contributed by atoms with Gasteiger partial charge in [-0.3, -0.25) is 4.79 Å². The second-order valence-corrected chi connectivity index (χ2v) is 4.40. The summed E-state index contributed by atoms with van der Waals surface area (Å²) in [6.45, 7) is -1.76. The normalized spacial score (nSPS) is 11.4. The van der Waals surface area contributed by atoms with Crippen LogP contribution in [0.4, 0.5) is 13.2 Å². The summed E-state index contributed by atoms with van der Waals surface area (Å²) in [5, 5.41) is 3.19. The van der Waals surface area contributed by atoms with Crippen molar-refractivity contribution in [2.75, 3.05) is 13.2 Å². The van der Waals surface area contributed by atoms with E-state index in [1.54, 1.807) is 0 Å². The predicted molar refractivity (Wildman–Crippen MR) is 67.8 cm³/mol. The Balaban J connectivity index is 2.29. The van der Waals surface area contributed by atoms with Gasteiger partial charge in [0.15, 0.2) is 0 Å². The molecule has 1 amide bonds. The van der Waals surface area contributed by atoms with E-state index < -0.39 is 25.3 Å². The molecule has 0 spiro atoms. The van der Waals surface area contributed by atoms with Gasteiger partial charge in [-0.25, -0.2) is 0 Å². The van der Waals surface area contributed by atoms with Crippen LogP contribution in [-0.2, 0) is 21.4 Å². The Kier molecular flexibility index (Phi) is 6.30. The Hall–Kier alpha value is -1.08. The fraction of sp³-hybridized carbons (Fsp3) is 0.417. The number of hydrogen-bond acceptors (Lipinski definition) is 2. The third-order valence-corrected chi connectivity index (χ3v) is 2.78. The molecule has 0 aliphatic carbocycles. The number of rotatable bonds is 6. The number of nitrogens with one attached hydrogen (secondary N) is 1. The van der Waals surface area contributed by atoms with E-state index in [4.69, 9.17) is 0 Å². The van der Waals surface area contributed by atoms with Crippen LogP contribution in [-0.4, -0.2) is 25.3 Å². The Labute approximate surface area is 117 Å². The quantitative estimate of drug-likeness (QED) is 0.809. The highest BCUT2D eigenvalue weighted by Crippen LogP contribution is 2.14. The van der Waals surface area contributed by atoms with E-state index in [-0.39, 0.29) is 6.54 Å². The molecule has 0 saturated heterocycles. The van der Waals surface area contributed by atoms with Crippen LogP contribution in [0.2, 0.25) is 0 Å². The first-order valence-electron chi connectivity index (χ1n) is 5.45. The van der Waals surface area contributed by atoms with E-state index in [2.05, 4.69) is 26.0 Å². The van der Waals surface area contributed by atoms with E-state index in [0.717, 1.165) is 11.1 Å². The molecule has 1 rings (SSSR count). The molecule has 0 saturated carbocycles. The van der Waals surface area contributed by atoms with Crippen LogP contribution < -0.4 is 5.32 Å². The number of halogens is 4. The molecule has 0 fully saturated rings. The van der Waals surface area contributed by atoms with Crippen molar-refractivity contribution in [1.82, 2.24) is 5.32 Å². The van der Waals surface area contributed by atoms with Gasteiger partial charge >= 0.3 is 6.18 Å². The second-order valence-electron chi connectivity index (χ2n) is 3.84. The average Bonchev–Trinajstić information content (AvgIpc) is 2.35. The summed E-state index contributed by atoms with van der Waals surface area (Å²) in [6.07, 6.45) is -4.41. The molecule has 106 valence electrons. The van der Waals surface area contributed by atoms with Gasteiger partial charge in [-0.05, 0) is 11.1 Å². The zero-order valence-corrected chi connectivity index (χ0v) is 11.6. The van der Waals surface area contributed by atoms with E-state index in [9.17, 15) is 18.0 Å². The first-order chi connectivity index (χ1) is 8.90. The molecule has 19 heavy (non-hydrogen) atoms. The summed E-state index contributed by atoms with van der Waals surface area (Å²) in [4.78, 5) is 11.2. The molecule has 1 N–H and O–H groups in total. The third kappa shape index (κ3) is 7.17. The molecule has 0 aliphatic heterocycles. The number of amides is 1. The van der Waals surface area contributed by atoms with Gasteiger partial charge in [0, 0.05) is 11.9 Å². The summed E-state index contributed by atoms with van der Waals surface area (Å²) in [5.41, 5.74) is 1.93. The van der Waals surface area contributed by atoms with Gasteiger partial charge in [-0.1, -0.05) is 40.2 Å². The summed E-state index contributed by atoms with van der Waals surface area (Å²) in [5.74, 6) is -0.575. The lowest BCUT2D eigenvalue weighted by Crippen LogP contribution is -2.29. The van der Waals surface area contributed by atoms with Crippen molar-refractivity contribution in [1.29, 1.82) is 0 Å². The van der Waals surface area contributed by atoms with E-state index >= 15 is 0 Å². The zero-order chi connectivity index (χ0) is 14.3. The fourth-order valence-corrected chi connectivity index (χ4v) is 1.68. The Morgan fingerprint density at radius 2 is 2.00 bits per heavy atom. The van der Waals surface area contributed by atoms with Crippen molar-refractivity contribution in [2.24, 2.45) is 0 Å². The topological polar surface area (TPSA) is 38.3 Å². The summed E-state index contributed by atoms with van der Waals surface area (Å²) in [6, 6.07) is 7.49. The van der Waals surface area contributed by atoms with Crippen LogP contribution >= 0.6 is 15.9 Å². The molecule has 0 unspecified atom stereocenters. The van der Waals surface area contributed by atoms with Crippen molar-refractivity contribution >= 4 is 21.8 Å². The van der Waals surface area contributed by atoms with Gasteiger partial charge in [0.1, 0.15) is 13.2 Å². The Morgan fingerprint density at radius 3 is 2.63 bits per heavy atom. The van der Waals surface area contributed by atoms with Crippen LogP contribution in [0.1, 0.15) is 11.1 Å². The van der Waals surface area contributed by atoms with Crippen molar-refractivity contribution in [3.8, 4) is 0 Å². The first kappa shape index (κ1) is 16.0. The highest BCUT2D eigenvalue weighted by atomic mass is 79.9. The van der Waals surface area contributed by atoms with Crippen LogP contribution in [0.15, 0.2) is 24.3 Å². The fourth-order valence-electron chi connectivity index (χ4n) is 1.33. The lowest BCUT2D eigenvalue weighted by molar-refractivity contribution is -0.175. The number of benzene rings is 1. The SMILES string of the molecule is O=C(COCC(F)(F)F)NCc1cccc(CBr)c1. The molecule has 0 radical (unpaired) electrons. The van der Waals surface area contributed by atoms with Gasteiger partial charge in [-0.15, -0.1) is 0 Å². The lowest BCUT2D eigenvalue weighted by atomic mass is 10.1. The Bertz CT molecular complexity index is 424. The van der Waals surface area contributed by atoms with E-state index in [0.29, 0.717) is 5.33 Å². The molecule has 7 heteroatoms. The number of carbonyl (C=O) groups excluding carboxylic acids is 1. The van der Waals surface area contributed by atoms with Crippen LogP contribution in [0, 0.1) is 0 Å². The summed E-state index contributed by atoms with van der Waals surface area (Å²) in [7, 11) is 0. The standard InChI is InChI=1S/C12H13BrF3NO2/c13-5-9-2-1-3-10(4-9)6-17-11(18)7-19-8-12(14,15)16/h1-4H,5-8H2,(H,17,18). The highest BCUT2D eigenvalue weighted by molar-refractivity contribution is 9.08. The molecule has 0 aromatic heterocycles. The van der Waals surface area contributed by atoms with Gasteiger partial charge in [0.05, 0.1) is 0 Å². The van der Waals surface area contributed by atoms with Gasteiger partial charge in [-0.2, -0.15) is 13.2 Å². The van der Waals surface area contributed by atoms with Crippen LogP contribution in [0.25, 0.3) is 0 Å². The minimum absolute atomic E-state index is 0.259. The lowest BCUT2D eigenvalue weighted by Gasteiger charge is -2.08. The molecule has 1 aromatic rings. The first-order valence-corrected chi connectivity index (χ1v) is 6.58. The monoisotopic (exact) mass is 339 g/mol. The molecule has 0 atom stereocenters. The van der Waals surface area contributed by atoms with Crippen molar-refractivity contribution < 1.29 is 22.7 Å². The highest BCUT2D eigenvalue weighted by Gasteiger charge is 2.27. The number of carbonyl (C=O) groups is 1. The summed E-state index contributed by atoms with van der Waals surface area (Å²) < 4.78 is 39.6. The predicted octanol–water partition coefficient (Wildman–Crippen LogP) is 2.78. The minimum atomic E-state index is -4.41. The van der Waals surface area contributed by atoms with Crippen molar-refractivity contribution in [2.45, 2.75) is 18.1 Å². The van der Waals surface area contributed by atoms with Crippen LogP contribution in [0.3, 0.4) is 0 Å². The average molecular weight is 340 g/mol. The van der Waals surface area contributed by atoms with Crippen LogP contribution in [0.5, 0.6) is 0 Å². The number of ether oxygens (including phenoxy) is 1. The summed E-state index contributed by atoms with van der Waals surface area (Å²) >= 11 is 3.31. The number of hydrogen-bond donors (Lipinski definition) is 1. The van der Waals surface area contributed by atoms with E-state index in [1.165, 1.54) is 0 Å². The molecular weight excluding hydrogens is 327 g/mol. The minimum Gasteiger partial charge on any atom is -0.362 e. The Morgan fingerprint density at radius 1 is 1.32 bits per heavy atom. The second kappa shape index (κ2) is 7.49. The van der Waals surface area contributed by atoms with Gasteiger partial charge in [0.2, 0.25) is 5.91 Å². The molecule has 1 aromatic carbocycles. The third-order valence-electron chi connectivity index (χ3n) is 2.13. The largest absolute Gasteiger partial charge is 0.411 e. The van der Waals surface area contributed by atoms with Crippen molar-refractivity contribution in [3.63, 3.8) is 0 Å². The molecule has 3 nitrogen and oxygen atoms in total. The smallest absolute Gasteiger partial charge is 0.362 e. The van der Waals surface area contributed by atoms with E-state index in [1.807, 2.05) is 24.3 Å². The molecule has 0 heterocycles. The maximum absolute atomic E-state index is 11.8. The van der Waals surface area contributed by atoms with Crippen molar-refractivity contribution in [3.05, 3.63) is 35.4 Å². The molecule has 0 aliphatic rings. The molecular formula is C12H13BrF3NO2. The van der Waals surface area contributed by atoms with Gasteiger partial charge < -0.3 is 10.1 Å². The zero-order valence-electron chi connectivity index (χ0n) is 9.97. The van der Waals surface area contributed by atoms with Gasteiger partial charge in [0.25, 0.3) is 0 Å². The molecule has 0 bridgehead atoms. The maximum atomic E-state index is 11.8.